The van der Waals surface area contributed by atoms with E-state index in [-0.39, 0.29) is 10.8 Å². The van der Waals surface area contributed by atoms with Gasteiger partial charge in [-0.05, 0) is 42.9 Å². The first-order chi connectivity index (χ1) is 12.1. The van der Waals surface area contributed by atoms with Crippen molar-refractivity contribution < 1.29 is 13.9 Å². The van der Waals surface area contributed by atoms with Crippen LogP contribution in [0.3, 0.4) is 0 Å². The predicted molar refractivity (Wildman–Crippen MR) is 116 cm³/mol. The van der Waals surface area contributed by atoms with Gasteiger partial charge >= 0.3 is 9.76 Å². The van der Waals surface area contributed by atoms with Gasteiger partial charge in [0.1, 0.15) is 17.2 Å². The SMILES string of the molecule is CCOc1cc(O[Si]CCCS)c(C(C)(C)C)c(OCC)c1C(C)(C)C. The third-order valence-electron chi connectivity index (χ3n) is 3.92. The monoisotopic (exact) mass is 396 g/mol. The van der Waals surface area contributed by atoms with Gasteiger partial charge < -0.3 is 13.9 Å². The lowest BCUT2D eigenvalue weighted by molar-refractivity contribution is 0.296. The molecule has 2 radical (unpaired) electrons. The molecule has 5 heteroatoms. The van der Waals surface area contributed by atoms with Crippen molar-refractivity contribution in [2.75, 3.05) is 19.0 Å². The lowest BCUT2D eigenvalue weighted by Gasteiger charge is -2.33. The minimum atomic E-state index is -0.0986. The molecular formula is C21H36O3SSi. The van der Waals surface area contributed by atoms with Crippen LogP contribution in [0.15, 0.2) is 6.07 Å². The zero-order valence-electron chi connectivity index (χ0n) is 17.8. The van der Waals surface area contributed by atoms with Crippen LogP contribution < -0.4 is 13.9 Å². The van der Waals surface area contributed by atoms with Crippen molar-refractivity contribution in [3.63, 3.8) is 0 Å². The Bertz CT molecular complexity index is 574. The summed E-state index contributed by atoms with van der Waals surface area (Å²) in [6.45, 7) is 18.5. The lowest BCUT2D eigenvalue weighted by atomic mass is 9.78. The summed E-state index contributed by atoms with van der Waals surface area (Å²) in [5.41, 5.74) is 2.06. The Morgan fingerprint density at radius 1 is 0.885 bits per heavy atom. The minimum Gasteiger partial charge on any atom is -0.540 e. The molecule has 0 aliphatic carbocycles. The molecule has 0 atom stereocenters. The van der Waals surface area contributed by atoms with Crippen LogP contribution in [0.1, 0.15) is 72.9 Å². The van der Waals surface area contributed by atoms with Crippen LogP contribution in [0.2, 0.25) is 6.04 Å². The smallest absolute Gasteiger partial charge is 0.310 e. The highest BCUT2D eigenvalue weighted by molar-refractivity contribution is 7.80. The topological polar surface area (TPSA) is 27.7 Å². The zero-order valence-corrected chi connectivity index (χ0v) is 19.7. The van der Waals surface area contributed by atoms with Gasteiger partial charge in [0.05, 0.1) is 13.2 Å². The summed E-state index contributed by atoms with van der Waals surface area (Å²) < 4.78 is 18.5. The number of hydrogen-bond acceptors (Lipinski definition) is 4. The van der Waals surface area contributed by atoms with Crippen LogP contribution in [-0.4, -0.2) is 28.7 Å². The van der Waals surface area contributed by atoms with Gasteiger partial charge in [-0.15, -0.1) is 0 Å². The Hall–Kier alpha value is -0.813. The van der Waals surface area contributed by atoms with Crippen LogP contribution in [0.4, 0.5) is 0 Å². The fourth-order valence-corrected chi connectivity index (χ4v) is 4.15. The number of benzene rings is 1. The van der Waals surface area contributed by atoms with Crippen LogP contribution in [0.5, 0.6) is 17.2 Å². The molecule has 1 aromatic carbocycles. The molecule has 0 amide bonds. The molecule has 0 aliphatic heterocycles. The number of hydrogen-bond donors (Lipinski definition) is 1. The van der Waals surface area contributed by atoms with E-state index in [2.05, 4.69) is 60.2 Å². The molecule has 0 aliphatic rings. The molecule has 3 nitrogen and oxygen atoms in total. The zero-order chi connectivity index (χ0) is 20.0. The van der Waals surface area contributed by atoms with Crippen molar-refractivity contribution in [3.05, 3.63) is 17.2 Å². The fourth-order valence-electron chi connectivity index (χ4n) is 2.95. The maximum absolute atomic E-state index is 6.24. The molecule has 0 heterocycles. The van der Waals surface area contributed by atoms with E-state index >= 15 is 0 Å². The largest absolute Gasteiger partial charge is 0.540 e. The molecule has 0 unspecified atom stereocenters. The van der Waals surface area contributed by atoms with Gasteiger partial charge in [-0.25, -0.2) is 0 Å². The van der Waals surface area contributed by atoms with E-state index in [9.17, 15) is 0 Å². The summed E-state index contributed by atoms with van der Waals surface area (Å²) in [6.07, 6.45) is 1.06. The van der Waals surface area contributed by atoms with Gasteiger partial charge in [-0.2, -0.15) is 12.6 Å². The molecular weight excluding hydrogens is 360 g/mol. The molecule has 0 bridgehead atoms. The van der Waals surface area contributed by atoms with Crippen LogP contribution in [0, 0.1) is 0 Å². The maximum atomic E-state index is 6.24. The fraction of sp³-hybridized carbons (Fsp3) is 0.714. The first kappa shape index (κ1) is 23.2. The average Bonchev–Trinajstić information content (AvgIpc) is 2.49. The van der Waals surface area contributed by atoms with Crippen molar-refractivity contribution in [2.24, 2.45) is 0 Å². The van der Waals surface area contributed by atoms with E-state index in [0.717, 1.165) is 46.6 Å². The molecule has 1 rings (SSSR count). The van der Waals surface area contributed by atoms with Crippen molar-refractivity contribution in [2.45, 2.75) is 78.7 Å². The predicted octanol–water partition coefficient (Wildman–Crippen LogP) is 5.82. The van der Waals surface area contributed by atoms with E-state index < -0.39 is 0 Å². The first-order valence-electron chi connectivity index (χ1n) is 9.56. The van der Waals surface area contributed by atoms with Crippen LogP contribution in [-0.2, 0) is 10.8 Å². The van der Waals surface area contributed by atoms with Gasteiger partial charge in [0, 0.05) is 17.2 Å². The normalized spacial score (nSPS) is 12.2. The first-order valence-corrected chi connectivity index (χ1v) is 11.3. The molecule has 0 spiro atoms. The molecule has 0 aromatic heterocycles. The summed E-state index contributed by atoms with van der Waals surface area (Å²) in [7, 11) is 0.412. The average molecular weight is 397 g/mol. The molecule has 26 heavy (non-hydrogen) atoms. The second kappa shape index (κ2) is 9.93. The molecule has 1 aromatic rings. The molecule has 0 fully saturated rings. The second-order valence-corrected chi connectivity index (χ2v) is 9.83. The quantitative estimate of drug-likeness (QED) is 0.324. The van der Waals surface area contributed by atoms with Gasteiger partial charge in [0.2, 0.25) is 0 Å². The van der Waals surface area contributed by atoms with E-state index in [4.69, 9.17) is 13.9 Å². The van der Waals surface area contributed by atoms with E-state index in [1.807, 2.05) is 13.8 Å². The number of thiol groups is 1. The van der Waals surface area contributed by atoms with E-state index in [1.165, 1.54) is 0 Å². The van der Waals surface area contributed by atoms with E-state index in [1.54, 1.807) is 0 Å². The Kier molecular flexibility index (Phi) is 8.87. The van der Waals surface area contributed by atoms with Crippen molar-refractivity contribution >= 4 is 22.4 Å². The highest BCUT2D eigenvalue weighted by atomic mass is 32.1. The summed E-state index contributed by atoms with van der Waals surface area (Å²) >= 11 is 4.29. The van der Waals surface area contributed by atoms with Gasteiger partial charge in [-0.1, -0.05) is 41.5 Å². The summed E-state index contributed by atoms with van der Waals surface area (Å²) in [6, 6.07) is 3.09. The van der Waals surface area contributed by atoms with Crippen LogP contribution in [0.25, 0.3) is 0 Å². The maximum Gasteiger partial charge on any atom is 0.310 e. The molecule has 0 saturated heterocycles. The Labute approximate surface area is 168 Å². The number of rotatable bonds is 9. The number of ether oxygens (including phenoxy) is 2. The highest BCUT2D eigenvalue weighted by Crippen LogP contribution is 2.49. The third kappa shape index (κ3) is 6.12. The molecule has 0 saturated carbocycles. The molecule has 0 N–H and O–H groups in total. The third-order valence-corrected chi connectivity index (χ3v) is 5.15. The highest BCUT2D eigenvalue weighted by Gasteiger charge is 2.33. The standard InChI is InChI=1S/C21H36O3SSi/c1-9-22-15-14-16(24-26-13-11-12-25)18(21(6,7)8)19(23-10-2)17(15)20(3,4)5/h14,25H,9-13H2,1-8H3. The van der Waals surface area contributed by atoms with E-state index in [0.29, 0.717) is 23.0 Å². The van der Waals surface area contributed by atoms with Gasteiger partial charge in [0.15, 0.2) is 0 Å². The summed E-state index contributed by atoms with van der Waals surface area (Å²) in [4.78, 5) is 0. The second-order valence-electron chi connectivity index (χ2n) is 8.39. The lowest BCUT2D eigenvalue weighted by Crippen LogP contribution is -2.22. The summed E-state index contributed by atoms with van der Waals surface area (Å²) in [5.74, 6) is 3.56. The van der Waals surface area contributed by atoms with Gasteiger partial charge in [-0.3, -0.25) is 0 Å². The molecule has 148 valence electrons. The Balaban J connectivity index is 3.62. The Morgan fingerprint density at radius 2 is 1.42 bits per heavy atom. The van der Waals surface area contributed by atoms with Crippen molar-refractivity contribution in [1.29, 1.82) is 0 Å². The Morgan fingerprint density at radius 3 is 1.88 bits per heavy atom. The summed E-state index contributed by atoms with van der Waals surface area (Å²) in [5, 5.41) is 0. The van der Waals surface area contributed by atoms with Crippen molar-refractivity contribution in [1.82, 2.24) is 0 Å². The minimum absolute atomic E-state index is 0.0954. The van der Waals surface area contributed by atoms with Crippen molar-refractivity contribution in [3.8, 4) is 17.2 Å². The van der Waals surface area contributed by atoms with Gasteiger partial charge in [0.25, 0.3) is 0 Å². The van der Waals surface area contributed by atoms with Crippen LogP contribution >= 0.6 is 12.6 Å².